The number of rotatable bonds is 42. The standard InChI is InChI=1S/C50H88NO8P/c1-6-8-10-12-14-16-18-20-22-24-25-27-29-31-33-35-37-39-41-43-50(53)59-48(47-58-60(54,55)57-45-44-51(3,4)5)46-56-49(52)42-40-38-36-34-32-30-28-26-23-21-19-17-15-13-11-9-7-2/h9,11,15,17,20-23,28,30,34,36,48H,6-8,10,12-14,16,18-19,24-27,29,31-33,35,37-47H2,1-5H3/b11-9-,17-15-,22-20-,23-21-,30-28-,36-34-/t48-/m1/s1. The summed E-state index contributed by atoms with van der Waals surface area (Å²) in [5.74, 6) is -0.908. The molecule has 0 aromatic rings. The molecule has 0 fully saturated rings. The van der Waals surface area contributed by atoms with E-state index in [9.17, 15) is 19.0 Å². The van der Waals surface area contributed by atoms with E-state index in [1.165, 1.54) is 83.5 Å². The van der Waals surface area contributed by atoms with Crippen molar-refractivity contribution >= 4 is 19.8 Å². The van der Waals surface area contributed by atoms with E-state index < -0.39 is 32.5 Å². The lowest BCUT2D eigenvalue weighted by Crippen LogP contribution is -2.37. The van der Waals surface area contributed by atoms with Gasteiger partial charge in [-0.05, 0) is 77.0 Å². The van der Waals surface area contributed by atoms with Crippen molar-refractivity contribution in [3.05, 3.63) is 72.9 Å². The van der Waals surface area contributed by atoms with Gasteiger partial charge in [-0.2, -0.15) is 0 Å². The third kappa shape index (κ3) is 45.0. The fraction of sp³-hybridized carbons (Fsp3) is 0.720. The molecule has 0 aromatic carbocycles. The second-order valence-corrected chi connectivity index (χ2v) is 18.1. The third-order valence-electron chi connectivity index (χ3n) is 9.71. The van der Waals surface area contributed by atoms with E-state index in [-0.39, 0.29) is 26.1 Å². The lowest BCUT2D eigenvalue weighted by Gasteiger charge is -2.28. The second-order valence-electron chi connectivity index (χ2n) is 16.7. The predicted molar refractivity (Wildman–Crippen MR) is 249 cm³/mol. The summed E-state index contributed by atoms with van der Waals surface area (Å²) in [7, 11) is 1.13. The Morgan fingerprint density at radius 1 is 0.533 bits per heavy atom. The largest absolute Gasteiger partial charge is 0.756 e. The highest BCUT2D eigenvalue weighted by molar-refractivity contribution is 7.45. The summed E-state index contributed by atoms with van der Waals surface area (Å²) in [6.45, 7) is 4.04. The van der Waals surface area contributed by atoms with Gasteiger partial charge in [-0.1, -0.05) is 164 Å². The van der Waals surface area contributed by atoms with Crippen LogP contribution < -0.4 is 4.89 Å². The summed E-state index contributed by atoms with van der Waals surface area (Å²) in [6, 6.07) is 0. The van der Waals surface area contributed by atoms with Crippen LogP contribution in [0.5, 0.6) is 0 Å². The monoisotopic (exact) mass is 862 g/mol. The Kier molecular flexibility index (Phi) is 40.0. The molecule has 0 radical (unpaired) electrons. The maximum Gasteiger partial charge on any atom is 0.306 e. The number of carbonyl (C=O) groups is 2. The molecule has 0 aromatic heterocycles. The highest BCUT2D eigenvalue weighted by Crippen LogP contribution is 2.38. The molecule has 0 spiro atoms. The Morgan fingerprint density at radius 3 is 1.48 bits per heavy atom. The second kappa shape index (κ2) is 41.8. The molecule has 2 atom stereocenters. The highest BCUT2D eigenvalue weighted by atomic mass is 31.2. The number of phosphoric acid groups is 1. The third-order valence-corrected chi connectivity index (χ3v) is 10.7. The normalized spacial score (nSPS) is 14.2. The van der Waals surface area contributed by atoms with Crippen molar-refractivity contribution in [3.63, 3.8) is 0 Å². The van der Waals surface area contributed by atoms with Crippen LogP contribution in [0, 0.1) is 0 Å². The molecular formula is C50H88NO8P. The number of ether oxygens (including phenoxy) is 2. The van der Waals surface area contributed by atoms with Crippen LogP contribution in [0.1, 0.15) is 181 Å². The zero-order valence-corrected chi connectivity index (χ0v) is 39.8. The van der Waals surface area contributed by atoms with Gasteiger partial charge in [-0.25, -0.2) is 0 Å². The smallest absolute Gasteiger partial charge is 0.306 e. The number of hydrogen-bond donors (Lipinski definition) is 0. The topological polar surface area (TPSA) is 111 Å². The van der Waals surface area contributed by atoms with Crippen molar-refractivity contribution in [2.24, 2.45) is 0 Å². The Morgan fingerprint density at radius 2 is 0.967 bits per heavy atom. The number of hydrogen-bond acceptors (Lipinski definition) is 8. The number of nitrogens with zero attached hydrogens (tertiary/aromatic N) is 1. The summed E-state index contributed by atoms with van der Waals surface area (Å²) in [5, 5.41) is 0. The number of quaternary nitrogens is 1. The molecule has 346 valence electrons. The van der Waals surface area contributed by atoms with Crippen LogP contribution in [0.4, 0.5) is 0 Å². The van der Waals surface area contributed by atoms with E-state index in [0.717, 1.165) is 57.8 Å². The first-order chi connectivity index (χ1) is 29.0. The summed E-state index contributed by atoms with van der Waals surface area (Å²) < 4.78 is 33.9. The predicted octanol–water partition coefficient (Wildman–Crippen LogP) is 13.2. The molecule has 0 bridgehead atoms. The molecule has 60 heavy (non-hydrogen) atoms. The molecule has 0 saturated heterocycles. The molecule has 1 unspecified atom stereocenters. The SMILES string of the molecule is CC/C=C\C/C=C\C/C=C\C/C=C\C/C=C\CCCC(=O)OC[C@H](COP(=O)([O-])OCC[N+](C)(C)C)OC(=O)CCCCCCCCCCC/C=C\CCCCCCCC. The first-order valence-electron chi connectivity index (χ1n) is 23.6. The van der Waals surface area contributed by atoms with Crippen molar-refractivity contribution in [2.75, 3.05) is 47.5 Å². The average Bonchev–Trinajstić information content (AvgIpc) is 3.20. The van der Waals surface area contributed by atoms with Gasteiger partial charge in [0, 0.05) is 12.8 Å². The van der Waals surface area contributed by atoms with E-state index in [2.05, 4.69) is 80.7 Å². The fourth-order valence-electron chi connectivity index (χ4n) is 6.04. The van der Waals surface area contributed by atoms with E-state index in [1.807, 2.05) is 27.2 Å². The van der Waals surface area contributed by atoms with Gasteiger partial charge in [-0.15, -0.1) is 0 Å². The Bertz CT molecular complexity index is 1250. The molecule has 0 aliphatic carbocycles. The molecule has 9 nitrogen and oxygen atoms in total. The average molecular weight is 862 g/mol. The van der Waals surface area contributed by atoms with E-state index in [4.69, 9.17) is 18.5 Å². The molecule has 0 aliphatic heterocycles. The van der Waals surface area contributed by atoms with Crippen LogP contribution >= 0.6 is 7.82 Å². The summed E-state index contributed by atoms with van der Waals surface area (Å²) >= 11 is 0. The maximum atomic E-state index is 12.7. The van der Waals surface area contributed by atoms with Crippen LogP contribution in [0.3, 0.4) is 0 Å². The number of carbonyl (C=O) groups excluding carboxylic acids is 2. The Hall–Kier alpha value is -2.55. The minimum atomic E-state index is -4.64. The molecule has 0 N–H and O–H groups in total. The Balaban J connectivity index is 4.40. The summed E-state index contributed by atoms with van der Waals surface area (Å²) in [4.78, 5) is 37.6. The first-order valence-corrected chi connectivity index (χ1v) is 25.1. The van der Waals surface area contributed by atoms with Gasteiger partial charge in [0.05, 0.1) is 27.7 Å². The molecule has 10 heteroatoms. The number of likely N-dealkylation sites (N-methyl/N-ethyl adjacent to an activating group) is 1. The fourth-order valence-corrected chi connectivity index (χ4v) is 6.77. The summed E-state index contributed by atoms with van der Waals surface area (Å²) in [6.07, 6.45) is 52.2. The zero-order valence-electron chi connectivity index (χ0n) is 38.9. The number of unbranched alkanes of at least 4 members (excludes halogenated alkanes) is 16. The van der Waals surface area contributed by atoms with Crippen molar-refractivity contribution in [2.45, 2.75) is 187 Å². The molecule has 0 saturated carbocycles. The quantitative estimate of drug-likeness (QED) is 0.0196. The minimum Gasteiger partial charge on any atom is -0.756 e. The minimum absolute atomic E-state index is 0.0431. The van der Waals surface area contributed by atoms with Gasteiger partial charge < -0.3 is 27.9 Å². The van der Waals surface area contributed by atoms with Crippen LogP contribution in [-0.4, -0.2) is 70.0 Å². The maximum absolute atomic E-state index is 12.7. The van der Waals surface area contributed by atoms with Crippen molar-refractivity contribution < 1.29 is 42.1 Å². The van der Waals surface area contributed by atoms with Gasteiger partial charge >= 0.3 is 11.9 Å². The van der Waals surface area contributed by atoms with Crippen LogP contribution in [-0.2, 0) is 32.7 Å². The highest BCUT2D eigenvalue weighted by Gasteiger charge is 2.21. The van der Waals surface area contributed by atoms with Crippen molar-refractivity contribution in [1.82, 2.24) is 0 Å². The van der Waals surface area contributed by atoms with E-state index >= 15 is 0 Å². The first kappa shape index (κ1) is 57.4. The number of phosphoric ester groups is 1. The number of allylic oxidation sites excluding steroid dienone is 12. The van der Waals surface area contributed by atoms with E-state index in [1.54, 1.807) is 0 Å². The van der Waals surface area contributed by atoms with Gasteiger partial charge in [0.25, 0.3) is 7.82 Å². The van der Waals surface area contributed by atoms with E-state index in [0.29, 0.717) is 23.9 Å². The van der Waals surface area contributed by atoms with Gasteiger partial charge in [0.2, 0.25) is 0 Å². The lowest BCUT2D eigenvalue weighted by molar-refractivity contribution is -0.870. The lowest BCUT2D eigenvalue weighted by atomic mass is 10.1. The number of esters is 2. The molecule has 0 rings (SSSR count). The van der Waals surface area contributed by atoms with Crippen molar-refractivity contribution in [3.8, 4) is 0 Å². The van der Waals surface area contributed by atoms with Gasteiger partial charge in [0.1, 0.15) is 19.8 Å². The molecular weight excluding hydrogens is 774 g/mol. The molecule has 0 heterocycles. The van der Waals surface area contributed by atoms with Crippen LogP contribution in [0.2, 0.25) is 0 Å². The van der Waals surface area contributed by atoms with Crippen LogP contribution in [0.15, 0.2) is 72.9 Å². The Labute approximate surface area is 368 Å². The molecule has 0 aliphatic rings. The zero-order chi connectivity index (χ0) is 44.3. The van der Waals surface area contributed by atoms with Crippen LogP contribution in [0.25, 0.3) is 0 Å². The van der Waals surface area contributed by atoms with Gasteiger partial charge in [-0.3, -0.25) is 14.2 Å². The molecule has 0 amide bonds. The summed E-state index contributed by atoms with van der Waals surface area (Å²) in [5.41, 5.74) is 0. The van der Waals surface area contributed by atoms with Gasteiger partial charge in [0.15, 0.2) is 6.10 Å². The van der Waals surface area contributed by atoms with Crippen molar-refractivity contribution in [1.29, 1.82) is 0 Å².